The number of benzene rings is 2. The SMILES string of the molecule is Cc1ccc(C)n1NC(=O)/C(C#N)=C\c1cc(Cl)ccc1OCc1cccc(Cl)c1. The number of nitriles is 1. The van der Waals surface area contributed by atoms with Crippen LogP contribution >= 0.6 is 23.2 Å². The zero-order valence-corrected chi connectivity index (χ0v) is 18.0. The summed E-state index contributed by atoms with van der Waals surface area (Å²) >= 11 is 12.1. The molecule has 3 rings (SSSR count). The number of hydrogen-bond acceptors (Lipinski definition) is 3. The summed E-state index contributed by atoms with van der Waals surface area (Å²) in [5, 5.41) is 10.6. The third-order valence-electron chi connectivity index (χ3n) is 4.40. The zero-order valence-electron chi connectivity index (χ0n) is 16.4. The number of nitrogens with zero attached hydrogens (tertiary/aromatic N) is 2. The van der Waals surface area contributed by atoms with Gasteiger partial charge < -0.3 is 4.74 Å². The molecular weight excluding hydrogens is 421 g/mol. The predicted octanol–water partition coefficient (Wildman–Crippen LogP) is 5.67. The molecule has 0 saturated heterocycles. The Bertz CT molecular complexity index is 1140. The predicted molar refractivity (Wildman–Crippen MR) is 119 cm³/mol. The van der Waals surface area contributed by atoms with E-state index >= 15 is 0 Å². The second kappa shape index (κ2) is 9.53. The molecule has 2 aromatic carbocycles. The minimum atomic E-state index is -0.527. The molecule has 0 radical (unpaired) electrons. The number of ether oxygens (including phenoxy) is 1. The van der Waals surface area contributed by atoms with E-state index in [2.05, 4.69) is 5.43 Å². The van der Waals surface area contributed by atoms with Crippen LogP contribution in [0.2, 0.25) is 10.0 Å². The van der Waals surface area contributed by atoms with E-state index in [4.69, 9.17) is 27.9 Å². The van der Waals surface area contributed by atoms with E-state index < -0.39 is 5.91 Å². The van der Waals surface area contributed by atoms with Crippen molar-refractivity contribution in [3.05, 3.63) is 92.7 Å². The monoisotopic (exact) mass is 439 g/mol. The fourth-order valence-corrected chi connectivity index (χ4v) is 3.26. The number of halogens is 2. The molecule has 152 valence electrons. The summed E-state index contributed by atoms with van der Waals surface area (Å²) in [7, 11) is 0. The first-order valence-electron chi connectivity index (χ1n) is 9.12. The summed E-state index contributed by atoms with van der Waals surface area (Å²) in [5.41, 5.74) is 5.78. The van der Waals surface area contributed by atoms with Gasteiger partial charge in [0.2, 0.25) is 0 Å². The molecule has 0 saturated carbocycles. The number of aromatic nitrogens is 1. The van der Waals surface area contributed by atoms with Crippen LogP contribution in [0.15, 0.2) is 60.2 Å². The van der Waals surface area contributed by atoms with E-state index in [-0.39, 0.29) is 12.2 Å². The Morgan fingerprint density at radius 2 is 1.80 bits per heavy atom. The highest BCUT2D eigenvalue weighted by Gasteiger charge is 2.14. The maximum absolute atomic E-state index is 12.7. The van der Waals surface area contributed by atoms with E-state index in [9.17, 15) is 10.1 Å². The minimum absolute atomic E-state index is 0.0719. The lowest BCUT2D eigenvalue weighted by molar-refractivity contribution is -0.113. The summed E-state index contributed by atoms with van der Waals surface area (Å²) in [6.45, 7) is 4.00. The summed E-state index contributed by atoms with van der Waals surface area (Å²) < 4.78 is 7.52. The number of nitrogens with one attached hydrogen (secondary N) is 1. The van der Waals surface area contributed by atoms with Crippen molar-refractivity contribution < 1.29 is 9.53 Å². The molecule has 7 heteroatoms. The van der Waals surface area contributed by atoms with Crippen molar-refractivity contribution in [2.75, 3.05) is 5.43 Å². The highest BCUT2D eigenvalue weighted by molar-refractivity contribution is 6.31. The number of carbonyl (C=O) groups excluding carboxylic acids is 1. The number of amides is 1. The van der Waals surface area contributed by atoms with Crippen LogP contribution in [0.3, 0.4) is 0 Å². The van der Waals surface area contributed by atoms with Gasteiger partial charge in [0.15, 0.2) is 0 Å². The summed E-state index contributed by atoms with van der Waals surface area (Å²) in [6.07, 6.45) is 1.46. The highest BCUT2D eigenvalue weighted by atomic mass is 35.5. The van der Waals surface area contributed by atoms with Crippen molar-refractivity contribution >= 4 is 35.2 Å². The normalized spacial score (nSPS) is 11.1. The molecule has 0 aliphatic rings. The van der Waals surface area contributed by atoms with Crippen LogP contribution in [0.25, 0.3) is 6.08 Å². The van der Waals surface area contributed by atoms with Crippen molar-refractivity contribution in [2.45, 2.75) is 20.5 Å². The highest BCUT2D eigenvalue weighted by Crippen LogP contribution is 2.26. The Morgan fingerprint density at radius 3 is 2.47 bits per heavy atom. The lowest BCUT2D eigenvalue weighted by Gasteiger charge is -2.12. The smallest absolute Gasteiger partial charge is 0.280 e. The van der Waals surface area contributed by atoms with Crippen LogP contribution < -0.4 is 10.2 Å². The van der Waals surface area contributed by atoms with Gasteiger partial charge in [0.05, 0.1) is 0 Å². The molecule has 0 bridgehead atoms. The molecule has 0 spiro atoms. The van der Waals surface area contributed by atoms with E-state index in [1.165, 1.54) is 6.08 Å². The van der Waals surface area contributed by atoms with Gasteiger partial charge >= 0.3 is 0 Å². The van der Waals surface area contributed by atoms with Crippen LogP contribution in [-0.4, -0.2) is 10.6 Å². The Kier molecular flexibility index (Phi) is 6.83. The van der Waals surface area contributed by atoms with Gasteiger partial charge in [-0.1, -0.05) is 35.3 Å². The lowest BCUT2D eigenvalue weighted by Crippen LogP contribution is -2.25. The minimum Gasteiger partial charge on any atom is -0.488 e. The van der Waals surface area contributed by atoms with Crippen LogP contribution in [0.1, 0.15) is 22.5 Å². The molecule has 1 aromatic heterocycles. The standard InChI is InChI=1S/C23H19Cl2N3O2/c1-15-6-7-16(2)28(15)27-23(29)19(13-26)11-18-12-21(25)8-9-22(18)30-14-17-4-3-5-20(24)10-17/h3-12H,14H2,1-2H3,(H,27,29)/b19-11-. The molecule has 5 nitrogen and oxygen atoms in total. The largest absolute Gasteiger partial charge is 0.488 e. The third-order valence-corrected chi connectivity index (χ3v) is 4.87. The molecule has 1 heterocycles. The Labute approximate surface area is 185 Å². The maximum Gasteiger partial charge on any atom is 0.280 e. The average molecular weight is 440 g/mol. The molecule has 3 aromatic rings. The van der Waals surface area contributed by atoms with Gasteiger partial charge in [0.1, 0.15) is 24.0 Å². The number of carbonyl (C=O) groups is 1. The first kappa shape index (κ1) is 21.5. The molecule has 0 atom stereocenters. The van der Waals surface area contributed by atoms with Crippen molar-refractivity contribution in [1.29, 1.82) is 5.26 Å². The van der Waals surface area contributed by atoms with Gasteiger partial charge in [-0.25, -0.2) is 0 Å². The van der Waals surface area contributed by atoms with E-state index in [1.807, 2.05) is 50.2 Å². The first-order chi connectivity index (χ1) is 14.4. The van der Waals surface area contributed by atoms with E-state index in [0.29, 0.717) is 21.4 Å². The van der Waals surface area contributed by atoms with Gasteiger partial charge in [-0.05, 0) is 68.0 Å². The number of aryl methyl sites for hydroxylation is 2. The van der Waals surface area contributed by atoms with Gasteiger partial charge in [-0.2, -0.15) is 5.26 Å². The first-order valence-corrected chi connectivity index (χ1v) is 9.88. The average Bonchev–Trinajstić information content (AvgIpc) is 3.03. The number of rotatable bonds is 6. The summed E-state index contributed by atoms with van der Waals surface area (Å²) in [6, 6.07) is 18.1. The van der Waals surface area contributed by atoms with Gasteiger partial charge in [0.25, 0.3) is 5.91 Å². The third kappa shape index (κ3) is 5.24. The Balaban J connectivity index is 1.85. The topological polar surface area (TPSA) is 67.0 Å². The van der Waals surface area contributed by atoms with Gasteiger partial charge in [-0.3, -0.25) is 14.9 Å². The zero-order chi connectivity index (χ0) is 21.7. The van der Waals surface area contributed by atoms with Crippen LogP contribution in [0, 0.1) is 25.2 Å². The second-order valence-electron chi connectivity index (χ2n) is 6.66. The summed E-state index contributed by atoms with van der Waals surface area (Å²) in [5.74, 6) is -0.0334. The molecule has 0 aliphatic carbocycles. The Hall–Kier alpha value is -3.20. The van der Waals surface area contributed by atoms with Crippen LogP contribution in [0.4, 0.5) is 0 Å². The summed E-state index contributed by atoms with van der Waals surface area (Å²) in [4.78, 5) is 12.7. The quantitative estimate of drug-likeness (QED) is 0.397. The Morgan fingerprint density at radius 1 is 1.10 bits per heavy atom. The maximum atomic E-state index is 12.7. The second-order valence-corrected chi connectivity index (χ2v) is 7.54. The molecule has 1 N–H and O–H groups in total. The number of hydrogen-bond donors (Lipinski definition) is 1. The van der Waals surface area contributed by atoms with Crippen molar-refractivity contribution in [2.24, 2.45) is 0 Å². The van der Waals surface area contributed by atoms with Crippen LogP contribution in [-0.2, 0) is 11.4 Å². The molecule has 30 heavy (non-hydrogen) atoms. The van der Waals surface area contributed by atoms with Gasteiger partial charge in [0, 0.05) is 27.0 Å². The van der Waals surface area contributed by atoms with Crippen molar-refractivity contribution in [3.63, 3.8) is 0 Å². The van der Waals surface area contributed by atoms with E-state index in [1.54, 1.807) is 28.9 Å². The van der Waals surface area contributed by atoms with Crippen molar-refractivity contribution in [3.8, 4) is 11.8 Å². The van der Waals surface area contributed by atoms with Crippen LogP contribution in [0.5, 0.6) is 5.75 Å². The van der Waals surface area contributed by atoms with Crippen molar-refractivity contribution in [1.82, 2.24) is 4.68 Å². The van der Waals surface area contributed by atoms with E-state index in [0.717, 1.165) is 17.0 Å². The lowest BCUT2D eigenvalue weighted by atomic mass is 10.1. The fourth-order valence-electron chi connectivity index (χ4n) is 2.86. The molecule has 0 fully saturated rings. The molecule has 0 unspecified atom stereocenters. The fraction of sp³-hybridized carbons (Fsp3) is 0.130. The molecular formula is C23H19Cl2N3O2. The van der Waals surface area contributed by atoms with Gasteiger partial charge in [-0.15, -0.1) is 0 Å². The molecule has 0 aliphatic heterocycles. The molecule has 1 amide bonds.